The third-order valence-electron chi connectivity index (χ3n) is 10.3. The van der Waals surface area contributed by atoms with E-state index in [1.54, 1.807) is 31.4 Å². The summed E-state index contributed by atoms with van der Waals surface area (Å²) in [7, 11) is -4.15. The minimum absolute atomic E-state index is 0.0122. The molecule has 0 aliphatic carbocycles. The van der Waals surface area contributed by atoms with Gasteiger partial charge in [-0.05, 0) is 101 Å². The zero-order valence-electron chi connectivity index (χ0n) is 28.0. The Balaban J connectivity index is 1.21. The minimum Gasteiger partial charge on any atom is -0.612 e. The molecule has 0 saturated carbocycles. The van der Waals surface area contributed by atoms with Crippen LogP contribution in [-0.2, 0) is 21.0 Å². The number of pyridine rings is 1. The van der Waals surface area contributed by atoms with Crippen LogP contribution in [-0.4, -0.2) is 116 Å². The molecule has 1 aromatic heterocycles. The van der Waals surface area contributed by atoms with E-state index < -0.39 is 26.8 Å². The van der Waals surface area contributed by atoms with Crippen molar-refractivity contribution in [3.63, 3.8) is 0 Å². The molecule has 3 saturated heterocycles. The van der Waals surface area contributed by atoms with E-state index in [2.05, 4.69) is 38.4 Å². The van der Waals surface area contributed by atoms with Crippen LogP contribution in [0.25, 0.3) is 10.9 Å². The third kappa shape index (κ3) is 7.28. The van der Waals surface area contributed by atoms with Gasteiger partial charge >= 0.3 is 0 Å². The van der Waals surface area contributed by atoms with Crippen LogP contribution in [0.5, 0.6) is 5.75 Å². The first-order valence-electron chi connectivity index (χ1n) is 17.0. The Morgan fingerprint density at radius 2 is 1.57 bits per heavy atom. The van der Waals surface area contributed by atoms with E-state index in [9.17, 15) is 17.4 Å². The summed E-state index contributed by atoms with van der Waals surface area (Å²) < 4.78 is 61.0. The molecule has 0 spiro atoms. The summed E-state index contributed by atoms with van der Waals surface area (Å²) in [5.41, 5.74) is 1.18. The Labute approximate surface area is 282 Å². The number of likely N-dealkylation sites (tertiary alicyclic amines) is 1. The number of anilines is 1. The van der Waals surface area contributed by atoms with Gasteiger partial charge in [0, 0.05) is 75.0 Å². The Hall–Kier alpha value is -2.48. The number of hydrogen-bond donors (Lipinski definition) is 0. The molecular weight excluding hydrogens is 638 g/mol. The van der Waals surface area contributed by atoms with Gasteiger partial charge in [-0.2, -0.15) is 0 Å². The van der Waals surface area contributed by atoms with Crippen LogP contribution in [0.3, 0.4) is 0 Å². The van der Waals surface area contributed by atoms with E-state index in [4.69, 9.17) is 4.74 Å². The first-order chi connectivity index (χ1) is 22.6. The van der Waals surface area contributed by atoms with Gasteiger partial charge < -0.3 is 19.1 Å². The molecule has 6 rings (SSSR count). The number of nitrogens with zero attached hydrogens (tertiary/aromatic N) is 5. The van der Waals surface area contributed by atoms with E-state index in [0.717, 1.165) is 58.2 Å². The number of fused-ring (bicyclic) bond motifs is 1. The Morgan fingerprint density at radius 1 is 0.936 bits per heavy atom. The topological polar surface area (TPSA) is 92.3 Å². The van der Waals surface area contributed by atoms with E-state index in [1.165, 1.54) is 31.2 Å². The first kappa shape index (κ1) is 34.4. The molecule has 0 bridgehead atoms. The molecule has 3 aromatic rings. The number of halogens is 1. The number of aromatic nitrogens is 1. The maximum atomic E-state index is 14.9. The van der Waals surface area contributed by atoms with Crippen LogP contribution in [0.2, 0.25) is 0 Å². The standard InChI is InChI=1S/C35H48FN5O4S2/c1-5-45-33-9-7-29(23-31(33)36)47(43,44)34-24-37-32-8-6-28(46(4)42)22-30(32)35(34)41-16-12-26(13-17-41)39-14-10-27(11-15-39)40-20-18-38(19-21-40)25(2)3/h6-9,22-27H,5,10-21H2,1-4H3. The summed E-state index contributed by atoms with van der Waals surface area (Å²) in [5.74, 6) is -0.715. The number of rotatable bonds is 9. The molecule has 4 heterocycles. The number of sulfone groups is 1. The lowest BCUT2D eigenvalue weighted by Crippen LogP contribution is -2.56. The van der Waals surface area contributed by atoms with Gasteiger partial charge in [-0.1, -0.05) is 0 Å². The number of ether oxygens (including phenoxy) is 1. The van der Waals surface area contributed by atoms with Crippen LogP contribution < -0.4 is 9.64 Å². The third-order valence-corrected chi connectivity index (χ3v) is 13.0. The highest BCUT2D eigenvalue weighted by molar-refractivity contribution is 7.91. The molecule has 3 aliphatic heterocycles. The van der Waals surface area contributed by atoms with Crippen LogP contribution in [0, 0.1) is 5.82 Å². The van der Waals surface area contributed by atoms with Gasteiger partial charge in [0.1, 0.15) is 11.2 Å². The predicted octanol–water partition coefficient (Wildman–Crippen LogP) is 4.80. The fourth-order valence-electron chi connectivity index (χ4n) is 7.58. The van der Waals surface area contributed by atoms with Gasteiger partial charge in [0.2, 0.25) is 9.84 Å². The molecule has 1 unspecified atom stereocenters. The molecular formula is C35H48FN5O4S2. The lowest BCUT2D eigenvalue weighted by Gasteiger charge is -2.46. The van der Waals surface area contributed by atoms with E-state index in [0.29, 0.717) is 52.7 Å². The molecule has 3 aliphatic rings. The molecule has 0 radical (unpaired) electrons. The van der Waals surface area contributed by atoms with Crippen molar-refractivity contribution in [2.45, 2.75) is 79.3 Å². The van der Waals surface area contributed by atoms with Gasteiger partial charge in [-0.3, -0.25) is 14.8 Å². The summed E-state index contributed by atoms with van der Waals surface area (Å²) >= 11 is -1.26. The van der Waals surface area contributed by atoms with Crippen molar-refractivity contribution >= 4 is 37.6 Å². The Morgan fingerprint density at radius 3 is 2.17 bits per heavy atom. The molecule has 0 amide bonds. The minimum atomic E-state index is -4.15. The maximum absolute atomic E-state index is 14.9. The largest absolute Gasteiger partial charge is 0.612 e. The first-order valence-corrected chi connectivity index (χ1v) is 20.0. The molecule has 0 N–H and O–H groups in total. The highest BCUT2D eigenvalue weighted by atomic mass is 32.2. The summed E-state index contributed by atoms with van der Waals surface area (Å²) in [4.78, 5) is 15.0. The number of piperidine rings is 2. The van der Waals surface area contributed by atoms with Crippen LogP contribution >= 0.6 is 0 Å². The molecule has 47 heavy (non-hydrogen) atoms. The zero-order chi connectivity index (χ0) is 33.3. The number of hydrogen-bond acceptors (Lipinski definition) is 9. The summed E-state index contributed by atoms with van der Waals surface area (Å²) in [6.45, 7) is 14.7. The fourth-order valence-corrected chi connectivity index (χ4v) is 9.57. The molecule has 9 nitrogen and oxygen atoms in total. The van der Waals surface area contributed by atoms with Crippen molar-refractivity contribution in [3.05, 3.63) is 48.4 Å². The molecule has 12 heteroatoms. The van der Waals surface area contributed by atoms with Crippen molar-refractivity contribution in [3.8, 4) is 5.75 Å². The van der Waals surface area contributed by atoms with Gasteiger partial charge in [0.05, 0.1) is 22.7 Å². The molecule has 256 valence electrons. The van der Waals surface area contributed by atoms with Crippen molar-refractivity contribution < 1.29 is 22.1 Å². The van der Waals surface area contributed by atoms with Crippen LogP contribution in [0.1, 0.15) is 46.5 Å². The van der Waals surface area contributed by atoms with Crippen molar-refractivity contribution in [2.75, 3.05) is 70.1 Å². The van der Waals surface area contributed by atoms with Gasteiger partial charge in [-0.25, -0.2) is 12.8 Å². The quantitative estimate of drug-likeness (QED) is 0.295. The monoisotopic (exact) mass is 685 g/mol. The van der Waals surface area contributed by atoms with Gasteiger partial charge in [0.25, 0.3) is 0 Å². The van der Waals surface area contributed by atoms with Crippen molar-refractivity contribution in [2.24, 2.45) is 0 Å². The highest BCUT2D eigenvalue weighted by Crippen LogP contribution is 2.39. The van der Waals surface area contributed by atoms with Crippen molar-refractivity contribution in [1.29, 1.82) is 0 Å². The number of piperazine rings is 1. The Kier molecular flexibility index (Phi) is 10.6. The lowest BCUT2D eigenvalue weighted by molar-refractivity contribution is 0.0359. The van der Waals surface area contributed by atoms with E-state index >= 15 is 0 Å². The van der Waals surface area contributed by atoms with Crippen LogP contribution in [0.4, 0.5) is 10.1 Å². The van der Waals surface area contributed by atoms with E-state index in [-0.39, 0.29) is 22.1 Å². The van der Waals surface area contributed by atoms with Gasteiger partial charge in [0.15, 0.2) is 16.5 Å². The zero-order valence-corrected chi connectivity index (χ0v) is 29.7. The summed E-state index contributed by atoms with van der Waals surface area (Å²) in [5, 5.41) is 0.641. The van der Waals surface area contributed by atoms with Gasteiger partial charge in [-0.15, -0.1) is 0 Å². The fraction of sp³-hybridized carbons (Fsp3) is 0.571. The average Bonchev–Trinajstić information content (AvgIpc) is 3.08. The average molecular weight is 686 g/mol. The van der Waals surface area contributed by atoms with Crippen molar-refractivity contribution in [1.82, 2.24) is 19.7 Å². The second-order valence-electron chi connectivity index (χ2n) is 13.3. The second-order valence-corrected chi connectivity index (χ2v) is 16.6. The predicted molar refractivity (Wildman–Crippen MR) is 185 cm³/mol. The second kappa shape index (κ2) is 14.6. The van der Waals surface area contributed by atoms with Crippen LogP contribution in [0.15, 0.2) is 57.3 Å². The normalized spacial score (nSPS) is 20.7. The molecule has 2 aromatic carbocycles. The smallest absolute Gasteiger partial charge is 0.210 e. The summed E-state index contributed by atoms with van der Waals surface area (Å²) in [6.07, 6.45) is 7.21. The highest BCUT2D eigenvalue weighted by Gasteiger charge is 2.34. The molecule has 1 atom stereocenters. The summed E-state index contributed by atoms with van der Waals surface area (Å²) in [6, 6.07) is 10.8. The Bertz CT molecular complexity index is 1650. The lowest BCUT2D eigenvalue weighted by atomic mass is 9.96. The van der Waals surface area contributed by atoms with E-state index in [1.807, 2.05) is 0 Å². The SMILES string of the molecule is CCOc1ccc(S(=O)(=O)c2cnc3ccc([S+](C)[O-])cc3c2N2CCC(N3CCC(N4CCN(C(C)C)CC4)CC3)CC2)cc1F. The maximum Gasteiger partial charge on any atom is 0.210 e. The number of benzene rings is 2. The molecule has 3 fully saturated rings.